The van der Waals surface area contributed by atoms with E-state index >= 15 is 0 Å². The molecule has 0 saturated carbocycles. The van der Waals surface area contributed by atoms with E-state index in [0.717, 1.165) is 60.8 Å². The number of rotatable bonds is 6. The van der Waals surface area contributed by atoms with Crippen molar-refractivity contribution in [2.45, 2.75) is 67.2 Å². The molecule has 1 saturated heterocycles. The van der Waals surface area contributed by atoms with E-state index in [9.17, 15) is 0 Å². The molecule has 0 spiro atoms. The molecule has 222 valence electrons. The van der Waals surface area contributed by atoms with Crippen LogP contribution in [0.2, 0.25) is 0 Å². The zero-order valence-electron chi connectivity index (χ0n) is 26.5. The van der Waals surface area contributed by atoms with E-state index in [-0.39, 0.29) is 0 Å². The third-order valence-corrected chi connectivity index (χ3v) is 8.51. The van der Waals surface area contributed by atoms with Crippen molar-refractivity contribution in [3.05, 3.63) is 89.3 Å². The summed E-state index contributed by atoms with van der Waals surface area (Å²) in [5.74, 6) is 1.66. The van der Waals surface area contributed by atoms with E-state index in [1.807, 2.05) is 18.3 Å². The van der Waals surface area contributed by atoms with Crippen LogP contribution in [-0.2, 0) is 0 Å². The van der Waals surface area contributed by atoms with Crippen LogP contribution in [0.4, 0.5) is 5.69 Å². The summed E-state index contributed by atoms with van der Waals surface area (Å²) in [6, 6.07) is 19.8. The van der Waals surface area contributed by atoms with Crippen molar-refractivity contribution in [3.63, 3.8) is 0 Å². The number of ether oxygens (including phenoxy) is 1. The summed E-state index contributed by atoms with van der Waals surface area (Å²) < 4.78 is 6.30. The Kier molecular flexibility index (Phi) is 9.37. The van der Waals surface area contributed by atoms with Crippen molar-refractivity contribution < 1.29 is 4.74 Å². The number of piperazine rings is 1. The largest absolute Gasteiger partial charge is 0.455 e. The Morgan fingerprint density at radius 2 is 1.67 bits per heavy atom. The Balaban J connectivity index is 0.00000113. The number of hydrogen-bond acceptors (Lipinski definition) is 4. The molecule has 3 heterocycles. The zero-order valence-corrected chi connectivity index (χ0v) is 26.5. The summed E-state index contributed by atoms with van der Waals surface area (Å²) in [5, 5.41) is 1.06. The summed E-state index contributed by atoms with van der Waals surface area (Å²) in [5.41, 5.74) is 9.58. The van der Waals surface area contributed by atoms with Gasteiger partial charge in [-0.25, -0.2) is 4.98 Å². The molecule has 0 bridgehead atoms. The van der Waals surface area contributed by atoms with E-state index < -0.39 is 0 Å². The number of aromatic nitrogens is 2. The quantitative estimate of drug-likeness (QED) is 0.254. The number of benzene rings is 2. The van der Waals surface area contributed by atoms with Gasteiger partial charge in [0, 0.05) is 56.1 Å². The van der Waals surface area contributed by atoms with Crippen LogP contribution in [0.1, 0.15) is 70.1 Å². The number of fused-ring (bicyclic) bond motifs is 1. The average molecular weight is 565 g/mol. The monoisotopic (exact) mass is 564 g/mol. The second kappa shape index (κ2) is 13.2. The molecule has 42 heavy (non-hydrogen) atoms. The van der Waals surface area contributed by atoms with Crippen LogP contribution in [-0.4, -0.2) is 47.6 Å². The summed E-state index contributed by atoms with van der Waals surface area (Å²) in [6.07, 6.45) is 8.59. The number of allylic oxidation sites excluding steroid dienone is 1. The molecule has 0 amide bonds. The van der Waals surface area contributed by atoms with Crippen LogP contribution in [0.25, 0.3) is 16.6 Å². The molecular weight excluding hydrogens is 516 g/mol. The lowest BCUT2D eigenvalue weighted by molar-refractivity contribution is 0.264. The van der Waals surface area contributed by atoms with Crippen LogP contribution in [0.3, 0.4) is 0 Å². The number of nitrogens with one attached hydrogen (secondary N) is 1. The Bertz CT molecular complexity index is 1510. The predicted octanol–water partition coefficient (Wildman–Crippen LogP) is 9.17. The highest BCUT2D eigenvalue weighted by atomic mass is 16.5. The first kappa shape index (κ1) is 29.9. The first-order valence-corrected chi connectivity index (χ1v) is 15.7. The van der Waals surface area contributed by atoms with Crippen LogP contribution >= 0.6 is 0 Å². The normalized spacial score (nSPS) is 17.2. The number of aromatic amines is 1. The number of pyridine rings is 1. The molecule has 2 aliphatic rings. The summed E-state index contributed by atoms with van der Waals surface area (Å²) in [6.45, 7) is 18.7. The fraction of sp³-hybridized carbons (Fsp3) is 0.432. The number of H-pyrrole nitrogens is 1. The highest BCUT2D eigenvalue weighted by molar-refractivity contribution is 5.76. The van der Waals surface area contributed by atoms with Gasteiger partial charge in [0.2, 0.25) is 0 Å². The zero-order chi connectivity index (χ0) is 29.7. The van der Waals surface area contributed by atoms with Gasteiger partial charge in [-0.2, -0.15) is 0 Å². The van der Waals surface area contributed by atoms with E-state index in [0.29, 0.717) is 5.41 Å². The molecule has 5 nitrogen and oxygen atoms in total. The van der Waals surface area contributed by atoms with Crippen molar-refractivity contribution in [2.24, 2.45) is 5.41 Å². The standard InChI is InChI=1S/C34H40N4O.C3H8/c1-24-5-8-26(9-6-24)31-21-34(3,4)13-11-28(31)23-37-15-17-38(18-16-37)29-10-7-25(2)32(20-29)39-30-19-27-12-14-35-33(27)36-22-30;1-3-2/h5-10,12,14,19-20,22H,11,13,15-18,21,23H2,1-4H3,(H,35,36);3H2,1-2H3. The topological polar surface area (TPSA) is 44.4 Å². The van der Waals surface area contributed by atoms with Gasteiger partial charge in [0.15, 0.2) is 0 Å². The van der Waals surface area contributed by atoms with E-state index in [4.69, 9.17) is 4.74 Å². The SMILES string of the molecule is CCC.Cc1ccc(C2=C(CN3CCN(c4ccc(C)c(Oc5cnc6[nH]ccc6c5)c4)CC3)CCC(C)(C)C2)cc1. The van der Waals surface area contributed by atoms with Crippen LogP contribution in [0.5, 0.6) is 11.5 Å². The molecule has 0 atom stereocenters. The average Bonchev–Trinajstić information content (AvgIpc) is 3.44. The number of hydrogen-bond donors (Lipinski definition) is 1. The molecule has 0 unspecified atom stereocenters. The van der Waals surface area contributed by atoms with Crippen molar-refractivity contribution in [1.29, 1.82) is 0 Å². The molecule has 2 aromatic carbocycles. The molecule has 2 aromatic heterocycles. The van der Waals surface area contributed by atoms with Gasteiger partial charge < -0.3 is 14.6 Å². The molecule has 6 rings (SSSR count). The maximum atomic E-state index is 6.30. The summed E-state index contributed by atoms with van der Waals surface area (Å²) in [7, 11) is 0. The number of nitrogens with zero attached hydrogens (tertiary/aromatic N) is 3. The van der Waals surface area contributed by atoms with Gasteiger partial charge in [-0.1, -0.05) is 75.6 Å². The predicted molar refractivity (Wildman–Crippen MR) is 178 cm³/mol. The van der Waals surface area contributed by atoms with Gasteiger partial charge in [0.1, 0.15) is 17.1 Å². The molecule has 1 N–H and O–H groups in total. The lowest BCUT2D eigenvalue weighted by Gasteiger charge is -2.39. The maximum absolute atomic E-state index is 6.30. The Hall–Kier alpha value is -3.57. The second-order valence-electron chi connectivity index (χ2n) is 12.9. The minimum atomic E-state index is 0.372. The molecule has 1 aliphatic heterocycles. The lowest BCUT2D eigenvalue weighted by atomic mass is 9.72. The Labute approximate surface area is 252 Å². The Morgan fingerprint density at radius 3 is 2.40 bits per heavy atom. The minimum absolute atomic E-state index is 0.372. The molecule has 5 heteroatoms. The van der Waals surface area contributed by atoms with Gasteiger partial charge in [0.25, 0.3) is 0 Å². The van der Waals surface area contributed by atoms with Crippen molar-refractivity contribution >= 4 is 22.3 Å². The van der Waals surface area contributed by atoms with E-state index in [1.165, 1.54) is 42.5 Å². The summed E-state index contributed by atoms with van der Waals surface area (Å²) in [4.78, 5) is 12.8. The highest BCUT2D eigenvalue weighted by Crippen LogP contribution is 2.43. The lowest BCUT2D eigenvalue weighted by Crippen LogP contribution is -2.47. The highest BCUT2D eigenvalue weighted by Gasteiger charge is 2.29. The molecule has 0 radical (unpaired) electrons. The third kappa shape index (κ3) is 7.25. The van der Waals surface area contributed by atoms with E-state index in [1.54, 1.807) is 17.3 Å². The van der Waals surface area contributed by atoms with Gasteiger partial charge in [-0.3, -0.25) is 4.90 Å². The van der Waals surface area contributed by atoms with E-state index in [2.05, 4.69) is 104 Å². The fourth-order valence-electron chi connectivity index (χ4n) is 6.00. The first-order valence-electron chi connectivity index (χ1n) is 15.7. The Morgan fingerprint density at radius 1 is 0.929 bits per heavy atom. The summed E-state index contributed by atoms with van der Waals surface area (Å²) >= 11 is 0. The molecular formula is C37H48N4O. The first-order chi connectivity index (χ1) is 20.2. The van der Waals surface area contributed by atoms with Crippen molar-refractivity contribution in [3.8, 4) is 11.5 Å². The molecule has 4 aromatic rings. The van der Waals surface area contributed by atoms with Crippen molar-refractivity contribution in [2.75, 3.05) is 37.6 Å². The smallest absolute Gasteiger partial charge is 0.146 e. The minimum Gasteiger partial charge on any atom is -0.455 e. The maximum Gasteiger partial charge on any atom is 0.146 e. The molecule has 1 aliphatic carbocycles. The number of aryl methyl sites for hydroxylation is 2. The van der Waals surface area contributed by atoms with Gasteiger partial charge >= 0.3 is 0 Å². The van der Waals surface area contributed by atoms with Crippen molar-refractivity contribution in [1.82, 2.24) is 14.9 Å². The van der Waals surface area contributed by atoms with Gasteiger partial charge in [-0.15, -0.1) is 0 Å². The van der Waals surface area contributed by atoms with Gasteiger partial charge in [0.05, 0.1) is 6.20 Å². The van der Waals surface area contributed by atoms with Crippen LogP contribution in [0.15, 0.2) is 72.6 Å². The van der Waals surface area contributed by atoms with Crippen LogP contribution in [0, 0.1) is 19.3 Å². The second-order valence-corrected chi connectivity index (χ2v) is 12.9. The number of anilines is 1. The fourth-order valence-corrected chi connectivity index (χ4v) is 6.00. The van der Waals surface area contributed by atoms with Crippen LogP contribution < -0.4 is 9.64 Å². The third-order valence-electron chi connectivity index (χ3n) is 8.51. The molecule has 1 fully saturated rings. The van der Waals surface area contributed by atoms with Gasteiger partial charge in [-0.05, 0) is 73.4 Å².